The van der Waals surface area contributed by atoms with Crippen LogP contribution in [0.1, 0.15) is 0 Å². The second-order valence-corrected chi connectivity index (χ2v) is 19.5. The summed E-state index contributed by atoms with van der Waals surface area (Å²) in [4.78, 5) is 4.96. The average Bonchev–Trinajstić information content (AvgIpc) is 3.86. The number of para-hydroxylation sites is 4. The normalized spacial score (nSPS) is 12.0. The lowest BCUT2D eigenvalue weighted by Crippen LogP contribution is -2.17. The Balaban J connectivity index is 1.10. The molecule has 0 saturated carbocycles. The first-order chi connectivity index (χ1) is 37.2. The van der Waals surface area contributed by atoms with Gasteiger partial charge in [-0.15, -0.1) is 0 Å². The van der Waals surface area contributed by atoms with Crippen LogP contribution in [-0.2, 0) is 0 Å². The summed E-state index contributed by atoms with van der Waals surface area (Å²) in [5.74, 6) is 0. The summed E-state index contributed by atoms with van der Waals surface area (Å²) in [6.45, 7) is 0. The summed E-state index contributed by atoms with van der Waals surface area (Å²) < 4.78 is 7.01. The van der Waals surface area contributed by atoms with E-state index in [1.807, 2.05) is 0 Å². The van der Waals surface area contributed by atoms with E-state index in [1.165, 1.54) is 38.4 Å². The van der Waals surface area contributed by atoms with E-state index in [0.717, 1.165) is 105 Å². The van der Waals surface area contributed by atoms with Gasteiger partial charge in [0, 0.05) is 44.3 Å². The highest BCUT2D eigenvalue weighted by molar-refractivity contribution is 6.31. The van der Waals surface area contributed by atoms with Crippen molar-refractivity contribution in [3.8, 4) is 33.4 Å². The fourth-order valence-electron chi connectivity index (χ4n) is 12.1. The third-order valence-electron chi connectivity index (χ3n) is 15.4. The number of fused-ring (bicyclic) bond motifs is 19. The lowest BCUT2D eigenvalue weighted by molar-refractivity contribution is 0.673. The van der Waals surface area contributed by atoms with Gasteiger partial charge in [0.15, 0.2) is 0 Å². The van der Waals surface area contributed by atoms with Crippen LogP contribution in [-0.4, -0.2) is 0 Å². The second kappa shape index (κ2) is 17.4. The van der Waals surface area contributed by atoms with Crippen molar-refractivity contribution in [1.82, 2.24) is 0 Å². The summed E-state index contributed by atoms with van der Waals surface area (Å²) in [7, 11) is 0. The van der Waals surface area contributed by atoms with E-state index in [0.29, 0.717) is 0 Å². The van der Waals surface area contributed by atoms with E-state index in [4.69, 9.17) is 4.42 Å². The molecule has 350 valence electrons. The van der Waals surface area contributed by atoms with E-state index >= 15 is 0 Å². The van der Waals surface area contributed by atoms with Crippen LogP contribution in [0.3, 0.4) is 0 Å². The van der Waals surface area contributed by atoms with Gasteiger partial charge in [0.05, 0.1) is 17.1 Å². The Morgan fingerprint density at radius 2 is 0.760 bits per heavy atom. The predicted octanol–water partition coefficient (Wildman–Crippen LogP) is 20.7. The van der Waals surface area contributed by atoms with Gasteiger partial charge >= 0.3 is 0 Å². The summed E-state index contributed by atoms with van der Waals surface area (Å²) in [6, 6.07) is 102. The topological polar surface area (TPSA) is 19.6 Å². The second-order valence-electron chi connectivity index (χ2n) is 19.5. The first kappa shape index (κ1) is 42.7. The van der Waals surface area contributed by atoms with Gasteiger partial charge < -0.3 is 14.2 Å². The van der Waals surface area contributed by atoms with Gasteiger partial charge in [-0.25, -0.2) is 0 Å². The highest BCUT2D eigenvalue weighted by atomic mass is 16.3. The van der Waals surface area contributed by atoms with Crippen molar-refractivity contribution in [3.63, 3.8) is 0 Å². The van der Waals surface area contributed by atoms with Gasteiger partial charge in [0.2, 0.25) is 0 Å². The van der Waals surface area contributed by atoms with Gasteiger partial charge in [-0.1, -0.05) is 218 Å². The van der Waals surface area contributed by atoms with E-state index in [2.05, 4.69) is 289 Å². The Kier molecular flexibility index (Phi) is 9.89. The summed E-state index contributed by atoms with van der Waals surface area (Å²) >= 11 is 0. The zero-order chi connectivity index (χ0) is 49.4. The Hall–Kier alpha value is -9.96. The fourth-order valence-corrected chi connectivity index (χ4v) is 12.1. The minimum atomic E-state index is 0.877. The van der Waals surface area contributed by atoms with Gasteiger partial charge in [0.1, 0.15) is 11.2 Å². The molecule has 13 aromatic carbocycles. The molecule has 15 rings (SSSR count). The molecule has 3 heteroatoms. The van der Waals surface area contributed by atoms with E-state index < -0.39 is 0 Å². The van der Waals surface area contributed by atoms with E-state index in [1.54, 1.807) is 0 Å². The van der Waals surface area contributed by atoms with Crippen molar-refractivity contribution in [2.24, 2.45) is 0 Å². The van der Waals surface area contributed by atoms with Gasteiger partial charge in [-0.05, 0) is 131 Å². The zero-order valence-corrected chi connectivity index (χ0v) is 40.9. The molecule has 1 aliphatic heterocycles. The zero-order valence-electron chi connectivity index (χ0n) is 40.9. The molecule has 0 N–H and O–H groups in total. The maximum absolute atomic E-state index is 7.01. The van der Waals surface area contributed by atoms with Crippen LogP contribution in [0.5, 0.6) is 0 Å². The van der Waals surface area contributed by atoms with E-state index in [-0.39, 0.29) is 0 Å². The molecule has 0 amide bonds. The van der Waals surface area contributed by atoms with Crippen LogP contribution in [0.25, 0.3) is 109 Å². The fraction of sp³-hybridized carbons (Fsp3) is 0. The molecule has 0 bridgehead atoms. The molecule has 0 atom stereocenters. The lowest BCUT2D eigenvalue weighted by Gasteiger charge is -2.34. The van der Waals surface area contributed by atoms with Crippen molar-refractivity contribution in [2.45, 2.75) is 0 Å². The van der Waals surface area contributed by atoms with Gasteiger partial charge in [-0.2, -0.15) is 0 Å². The minimum absolute atomic E-state index is 0.877. The Labute approximate surface area is 434 Å². The number of anilines is 6. The molecule has 0 spiro atoms. The monoisotopic (exact) mass is 954 g/mol. The molecule has 75 heavy (non-hydrogen) atoms. The van der Waals surface area contributed by atoms with Crippen molar-refractivity contribution in [3.05, 3.63) is 279 Å². The molecular weight excluding hydrogens is 909 g/mol. The van der Waals surface area contributed by atoms with E-state index in [9.17, 15) is 0 Å². The molecule has 3 nitrogen and oxygen atoms in total. The SMILES string of the molecule is c1ccc(-c2ccc(N(c3ccc4c(c3)c3ccccc3c3ccccc3c3ccccc3c3c4ccc4c5ccccc5oc43)c3cccc4c3N(c3ccccc3)c3ccccc3-c3ccccc3-4)cc2)cc1. The Bertz CT molecular complexity index is 4650. The van der Waals surface area contributed by atoms with Gasteiger partial charge in [0.25, 0.3) is 0 Å². The van der Waals surface area contributed by atoms with Crippen LogP contribution in [0.15, 0.2) is 283 Å². The number of furan rings is 1. The third-order valence-corrected chi connectivity index (χ3v) is 15.4. The standard InChI is InChI=1S/C72H46N2O/c1-3-20-47(21-4-1)48-38-40-50(41-39-48)73(68-36-19-34-64-57-29-11-10-27-55(57)60-31-15-17-35-67(60)74(71(64)68)49-22-5-2-6-23-49)51-42-43-59-63-44-45-65-61-32-16-18-37-69(61)75-72(65)70(63)62-33-14-13-28-56(62)53-25-8-7-24-52(53)54-26-9-12-30-58(54)66(59)46-51/h1-46H. The van der Waals surface area contributed by atoms with Crippen molar-refractivity contribution in [1.29, 1.82) is 0 Å². The smallest absolute Gasteiger partial charge is 0.143 e. The number of hydrogen-bond donors (Lipinski definition) is 0. The molecule has 14 aromatic rings. The number of hydrogen-bond acceptors (Lipinski definition) is 3. The van der Waals surface area contributed by atoms with Crippen molar-refractivity contribution in [2.75, 3.05) is 9.80 Å². The van der Waals surface area contributed by atoms with Crippen LogP contribution < -0.4 is 9.80 Å². The minimum Gasteiger partial charge on any atom is -0.455 e. The molecular formula is C72H46N2O. The quantitative estimate of drug-likeness (QED) is 0.171. The average molecular weight is 955 g/mol. The molecule has 0 unspecified atom stereocenters. The Morgan fingerprint density at radius 3 is 1.47 bits per heavy atom. The maximum Gasteiger partial charge on any atom is 0.143 e. The van der Waals surface area contributed by atoms with Gasteiger partial charge in [-0.3, -0.25) is 0 Å². The van der Waals surface area contributed by atoms with Crippen LogP contribution in [0.2, 0.25) is 0 Å². The number of benzene rings is 12. The first-order valence-corrected chi connectivity index (χ1v) is 25.7. The molecule has 0 radical (unpaired) electrons. The van der Waals surface area contributed by atoms with Crippen LogP contribution in [0, 0.1) is 0 Å². The highest BCUT2D eigenvalue weighted by Crippen LogP contribution is 2.56. The molecule has 0 aliphatic carbocycles. The lowest BCUT2D eigenvalue weighted by atomic mass is 9.93. The Morgan fingerprint density at radius 1 is 0.293 bits per heavy atom. The predicted molar refractivity (Wildman–Crippen MR) is 318 cm³/mol. The molecule has 0 fully saturated rings. The number of nitrogens with zero attached hydrogens (tertiary/aromatic N) is 2. The summed E-state index contributed by atoms with van der Waals surface area (Å²) in [5, 5.41) is 13.6. The molecule has 2 heterocycles. The largest absolute Gasteiger partial charge is 0.455 e. The first-order valence-electron chi connectivity index (χ1n) is 25.7. The molecule has 0 saturated heterocycles. The molecule has 1 aromatic heterocycles. The summed E-state index contributed by atoms with van der Waals surface area (Å²) in [5.41, 5.74) is 15.2. The number of rotatable bonds is 5. The maximum atomic E-state index is 7.01. The van der Waals surface area contributed by atoms with Crippen molar-refractivity contribution < 1.29 is 4.42 Å². The van der Waals surface area contributed by atoms with Crippen LogP contribution >= 0.6 is 0 Å². The van der Waals surface area contributed by atoms with Crippen molar-refractivity contribution >= 4 is 110 Å². The van der Waals surface area contributed by atoms with Crippen LogP contribution in [0.4, 0.5) is 34.1 Å². The summed E-state index contributed by atoms with van der Waals surface area (Å²) in [6.07, 6.45) is 0. The third kappa shape index (κ3) is 6.83. The highest BCUT2D eigenvalue weighted by Gasteiger charge is 2.31. The molecule has 1 aliphatic rings.